The third-order valence-electron chi connectivity index (χ3n) is 3.58. The number of methoxy groups -OCH3 is 3. The average Bonchev–Trinajstić information content (AvgIpc) is 2.50. The maximum Gasteiger partial charge on any atom is 0.255 e. The molecule has 5 nitrogen and oxygen atoms in total. The maximum absolute atomic E-state index is 12.4. The van der Waals surface area contributed by atoms with Crippen molar-refractivity contribution in [1.29, 1.82) is 0 Å². The van der Waals surface area contributed by atoms with Crippen molar-refractivity contribution in [1.82, 2.24) is 4.98 Å². The van der Waals surface area contributed by atoms with Crippen LogP contribution in [0.4, 0.5) is 0 Å². The van der Waals surface area contributed by atoms with Gasteiger partial charge in [0.1, 0.15) is 5.75 Å². The number of rotatable bonds is 6. The predicted molar refractivity (Wildman–Crippen MR) is 87.4 cm³/mol. The molecule has 0 amide bonds. The van der Waals surface area contributed by atoms with Crippen molar-refractivity contribution in [3.63, 3.8) is 0 Å². The molecule has 1 N–H and O–H groups in total. The molecule has 118 valence electrons. The number of H-pyrrole nitrogens is 1. The van der Waals surface area contributed by atoms with Gasteiger partial charge in [-0.1, -0.05) is 5.57 Å². The van der Waals surface area contributed by atoms with Gasteiger partial charge in [0.05, 0.1) is 32.4 Å². The van der Waals surface area contributed by atoms with Gasteiger partial charge in [-0.15, -0.1) is 6.58 Å². The third kappa shape index (κ3) is 2.79. The molecule has 0 saturated heterocycles. The first-order valence-electron chi connectivity index (χ1n) is 7.01. The Morgan fingerprint density at radius 1 is 1.14 bits per heavy atom. The van der Waals surface area contributed by atoms with Gasteiger partial charge in [0.15, 0.2) is 11.5 Å². The molecular weight excluding hydrogens is 282 g/mol. The summed E-state index contributed by atoms with van der Waals surface area (Å²) in [6.07, 6.45) is 1.32. The van der Waals surface area contributed by atoms with Crippen molar-refractivity contribution in [3.05, 3.63) is 40.2 Å². The van der Waals surface area contributed by atoms with Crippen molar-refractivity contribution < 1.29 is 14.2 Å². The van der Waals surface area contributed by atoms with E-state index in [9.17, 15) is 4.79 Å². The minimum Gasteiger partial charge on any atom is -0.496 e. The van der Waals surface area contributed by atoms with Crippen LogP contribution in [-0.2, 0) is 6.42 Å². The van der Waals surface area contributed by atoms with Gasteiger partial charge in [-0.2, -0.15) is 0 Å². The number of hydrogen-bond donors (Lipinski definition) is 1. The zero-order chi connectivity index (χ0) is 16.3. The number of nitrogens with one attached hydrogen (secondary N) is 1. The average molecular weight is 303 g/mol. The Morgan fingerprint density at radius 2 is 1.82 bits per heavy atom. The number of benzene rings is 1. The normalized spacial score (nSPS) is 10.5. The Labute approximate surface area is 129 Å². The maximum atomic E-state index is 12.4. The summed E-state index contributed by atoms with van der Waals surface area (Å²) >= 11 is 0. The topological polar surface area (TPSA) is 60.6 Å². The van der Waals surface area contributed by atoms with Crippen LogP contribution < -0.4 is 19.8 Å². The van der Waals surface area contributed by atoms with E-state index in [1.165, 1.54) is 7.11 Å². The summed E-state index contributed by atoms with van der Waals surface area (Å²) < 4.78 is 16.1. The lowest BCUT2D eigenvalue weighted by Gasteiger charge is -2.15. The number of fused-ring (bicyclic) bond motifs is 1. The molecule has 0 fully saturated rings. The first kappa shape index (κ1) is 15.9. The summed E-state index contributed by atoms with van der Waals surface area (Å²) in [5.41, 5.74) is 2.03. The van der Waals surface area contributed by atoms with E-state index in [-0.39, 0.29) is 5.56 Å². The highest BCUT2D eigenvalue weighted by molar-refractivity contribution is 5.92. The van der Waals surface area contributed by atoms with Crippen LogP contribution in [0.5, 0.6) is 17.2 Å². The van der Waals surface area contributed by atoms with E-state index in [1.54, 1.807) is 20.3 Å². The van der Waals surface area contributed by atoms with Gasteiger partial charge in [0, 0.05) is 5.39 Å². The fraction of sp³-hybridized carbons (Fsp3) is 0.353. The van der Waals surface area contributed by atoms with E-state index in [4.69, 9.17) is 14.2 Å². The Bertz CT molecular complexity index is 761. The van der Waals surface area contributed by atoms with E-state index in [0.29, 0.717) is 34.7 Å². The SMILES string of the molecule is C=C(C)CCc1c(OC)c2ccc(OC)c(OC)c2[nH]c1=O. The van der Waals surface area contributed by atoms with Crippen LogP contribution in [0.25, 0.3) is 10.9 Å². The Kier molecular flexibility index (Phi) is 4.75. The Balaban J connectivity index is 2.73. The number of pyridine rings is 1. The highest BCUT2D eigenvalue weighted by atomic mass is 16.5. The molecule has 0 aliphatic heterocycles. The predicted octanol–water partition coefficient (Wildman–Crippen LogP) is 3.06. The lowest BCUT2D eigenvalue weighted by atomic mass is 10.0. The third-order valence-corrected chi connectivity index (χ3v) is 3.58. The minimum absolute atomic E-state index is 0.183. The molecule has 2 rings (SSSR count). The minimum atomic E-state index is -0.183. The smallest absolute Gasteiger partial charge is 0.255 e. The summed E-state index contributed by atoms with van der Waals surface area (Å²) in [7, 11) is 4.66. The highest BCUT2D eigenvalue weighted by Crippen LogP contribution is 2.38. The van der Waals surface area contributed by atoms with E-state index in [1.807, 2.05) is 13.0 Å². The van der Waals surface area contributed by atoms with Crippen molar-refractivity contribution in [2.45, 2.75) is 19.8 Å². The van der Waals surface area contributed by atoms with E-state index >= 15 is 0 Å². The number of aromatic amines is 1. The molecule has 0 aliphatic rings. The van der Waals surface area contributed by atoms with Crippen LogP contribution in [0.2, 0.25) is 0 Å². The second-order valence-corrected chi connectivity index (χ2v) is 5.15. The second kappa shape index (κ2) is 6.56. The summed E-state index contributed by atoms with van der Waals surface area (Å²) in [4.78, 5) is 15.3. The van der Waals surface area contributed by atoms with Gasteiger partial charge in [-0.05, 0) is 31.9 Å². The van der Waals surface area contributed by atoms with Crippen molar-refractivity contribution in [3.8, 4) is 17.2 Å². The van der Waals surface area contributed by atoms with Crippen molar-refractivity contribution >= 4 is 10.9 Å². The molecule has 0 bridgehead atoms. The van der Waals surface area contributed by atoms with Crippen LogP contribution >= 0.6 is 0 Å². The van der Waals surface area contributed by atoms with Crippen LogP contribution in [-0.4, -0.2) is 26.3 Å². The van der Waals surface area contributed by atoms with E-state index in [0.717, 1.165) is 17.4 Å². The Hall–Kier alpha value is -2.43. The summed E-state index contributed by atoms with van der Waals surface area (Å²) in [6, 6.07) is 3.65. The zero-order valence-corrected chi connectivity index (χ0v) is 13.4. The molecule has 0 aliphatic carbocycles. The monoisotopic (exact) mass is 303 g/mol. The van der Waals surface area contributed by atoms with E-state index < -0.39 is 0 Å². The van der Waals surface area contributed by atoms with E-state index in [2.05, 4.69) is 11.6 Å². The van der Waals surface area contributed by atoms with Gasteiger partial charge in [0.25, 0.3) is 5.56 Å². The van der Waals surface area contributed by atoms with Crippen LogP contribution in [0.15, 0.2) is 29.1 Å². The Morgan fingerprint density at radius 3 is 2.36 bits per heavy atom. The van der Waals surface area contributed by atoms with Gasteiger partial charge >= 0.3 is 0 Å². The van der Waals surface area contributed by atoms with Crippen LogP contribution in [0.1, 0.15) is 18.9 Å². The van der Waals surface area contributed by atoms with Gasteiger partial charge in [-0.3, -0.25) is 4.79 Å². The summed E-state index contributed by atoms with van der Waals surface area (Å²) in [5.74, 6) is 1.62. The van der Waals surface area contributed by atoms with Gasteiger partial charge < -0.3 is 19.2 Å². The van der Waals surface area contributed by atoms with Crippen molar-refractivity contribution in [2.75, 3.05) is 21.3 Å². The van der Waals surface area contributed by atoms with Gasteiger partial charge in [-0.25, -0.2) is 0 Å². The molecule has 5 heteroatoms. The highest BCUT2D eigenvalue weighted by Gasteiger charge is 2.18. The molecule has 1 aromatic carbocycles. The van der Waals surface area contributed by atoms with Crippen molar-refractivity contribution in [2.24, 2.45) is 0 Å². The molecule has 2 aromatic rings. The number of ether oxygens (including phenoxy) is 3. The fourth-order valence-corrected chi connectivity index (χ4v) is 2.49. The zero-order valence-electron chi connectivity index (χ0n) is 13.4. The summed E-state index contributed by atoms with van der Waals surface area (Å²) in [5, 5.41) is 0.788. The summed E-state index contributed by atoms with van der Waals surface area (Å²) in [6.45, 7) is 5.82. The molecule has 0 spiro atoms. The fourth-order valence-electron chi connectivity index (χ4n) is 2.49. The number of aromatic nitrogens is 1. The molecule has 0 saturated carbocycles. The molecule has 0 atom stereocenters. The molecular formula is C17H21NO4. The first-order chi connectivity index (χ1) is 10.5. The standard InChI is InChI=1S/C17H21NO4/c1-10(2)6-7-12-15(21-4)11-8-9-13(20-3)16(22-5)14(11)18-17(12)19/h8-9H,1,6-7H2,2-5H3,(H,18,19). The molecule has 1 aromatic heterocycles. The first-order valence-corrected chi connectivity index (χ1v) is 7.01. The second-order valence-electron chi connectivity index (χ2n) is 5.15. The number of hydrogen-bond acceptors (Lipinski definition) is 4. The van der Waals surface area contributed by atoms with Crippen LogP contribution in [0.3, 0.4) is 0 Å². The number of allylic oxidation sites excluding steroid dienone is 1. The lowest BCUT2D eigenvalue weighted by molar-refractivity contribution is 0.357. The molecule has 22 heavy (non-hydrogen) atoms. The van der Waals surface area contributed by atoms with Gasteiger partial charge in [0.2, 0.25) is 0 Å². The molecule has 0 unspecified atom stereocenters. The molecule has 0 radical (unpaired) electrons. The van der Waals surface area contributed by atoms with Crippen LogP contribution in [0, 0.1) is 0 Å². The molecule has 1 heterocycles. The quantitative estimate of drug-likeness (QED) is 0.833. The largest absolute Gasteiger partial charge is 0.496 e. The lowest BCUT2D eigenvalue weighted by Crippen LogP contribution is -2.15.